The fourth-order valence-corrected chi connectivity index (χ4v) is 5.43. The molecule has 2 saturated heterocycles. The molecule has 1 aromatic carbocycles. The number of amides is 2. The molecular formula is C27H35F4N3O2. The molecule has 9 heteroatoms. The number of carbonyl (C=O) groups is 1. The molecule has 36 heavy (non-hydrogen) atoms. The van der Waals surface area contributed by atoms with Crippen LogP contribution in [-0.2, 0) is 17.3 Å². The van der Waals surface area contributed by atoms with Crippen LogP contribution in [0.2, 0.25) is 0 Å². The summed E-state index contributed by atoms with van der Waals surface area (Å²) in [6, 6.07) is 3.78. The molecule has 0 radical (unpaired) electrons. The average Bonchev–Trinajstić information content (AvgIpc) is 3.28. The number of nitrogens with one attached hydrogen (secondary N) is 2. The Morgan fingerprint density at radius 1 is 1.25 bits per heavy atom. The molecule has 2 heterocycles. The van der Waals surface area contributed by atoms with Gasteiger partial charge in [0.25, 0.3) is 0 Å². The Kier molecular flexibility index (Phi) is 8.09. The maximum Gasteiger partial charge on any atom is 0.416 e. The fourth-order valence-electron chi connectivity index (χ4n) is 5.43. The van der Waals surface area contributed by atoms with E-state index in [4.69, 9.17) is 4.74 Å². The predicted molar refractivity (Wildman–Crippen MR) is 130 cm³/mol. The van der Waals surface area contributed by atoms with E-state index in [9.17, 15) is 22.4 Å². The van der Waals surface area contributed by atoms with Gasteiger partial charge < -0.3 is 20.3 Å². The van der Waals surface area contributed by atoms with Gasteiger partial charge in [0.2, 0.25) is 0 Å². The van der Waals surface area contributed by atoms with E-state index in [-0.39, 0.29) is 25.1 Å². The zero-order valence-corrected chi connectivity index (χ0v) is 20.8. The van der Waals surface area contributed by atoms with Crippen LogP contribution in [0.5, 0.6) is 0 Å². The number of benzene rings is 1. The van der Waals surface area contributed by atoms with Crippen molar-refractivity contribution in [3.63, 3.8) is 0 Å². The first kappa shape index (κ1) is 26.7. The maximum atomic E-state index is 13.6. The molecule has 4 atom stereocenters. The Balaban J connectivity index is 1.51. The van der Waals surface area contributed by atoms with Crippen molar-refractivity contribution >= 4 is 6.03 Å². The second-order valence-corrected chi connectivity index (χ2v) is 10.1. The summed E-state index contributed by atoms with van der Waals surface area (Å²) < 4.78 is 60.4. The minimum atomic E-state index is -4.52. The van der Waals surface area contributed by atoms with E-state index in [1.165, 1.54) is 12.5 Å². The Morgan fingerprint density at radius 3 is 2.64 bits per heavy atom. The zero-order chi connectivity index (χ0) is 25.9. The van der Waals surface area contributed by atoms with Crippen molar-refractivity contribution in [3.8, 4) is 0 Å². The second kappa shape index (κ2) is 10.9. The smallest absolute Gasteiger partial charge is 0.372 e. The number of ether oxygens (including phenoxy) is 1. The number of rotatable bonds is 8. The number of allylic oxidation sites excluding steroid dienone is 3. The number of halogens is 4. The molecule has 2 amide bonds. The monoisotopic (exact) mass is 509 g/mol. The molecule has 0 aromatic heterocycles. The number of piperidine rings is 1. The Labute approximate surface area is 209 Å². The van der Waals surface area contributed by atoms with Crippen LogP contribution in [0.4, 0.5) is 22.4 Å². The van der Waals surface area contributed by atoms with Gasteiger partial charge in [0.1, 0.15) is 6.17 Å². The number of hydrogen-bond donors (Lipinski definition) is 2. The first-order chi connectivity index (χ1) is 17.1. The highest BCUT2D eigenvalue weighted by atomic mass is 19.4. The number of nitrogens with zero attached hydrogens (tertiary/aromatic N) is 1. The highest BCUT2D eigenvalue weighted by Gasteiger charge is 2.41. The first-order valence-electron chi connectivity index (χ1n) is 12.7. The summed E-state index contributed by atoms with van der Waals surface area (Å²) in [7, 11) is 0. The molecule has 0 saturated carbocycles. The molecule has 2 aliphatic heterocycles. The van der Waals surface area contributed by atoms with Gasteiger partial charge in [-0.05, 0) is 68.4 Å². The lowest BCUT2D eigenvalue weighted by Crippen LogP contribution is -2.60. The zero-order valence-electron chi connectivity index (χ0n) is 20.8. The van der Waals surface area contributed by atoms with Gasteiger partial charge in [-0.1, -0.05) is 24.3 Å². The highest BCUT2D eigenvalue weighted by molar-refractivity contribution is 5.76. The molecule has 198 valence electrons. The maximum absolute atomic E-state index is 13.6. The lowest BCUT2D eigenvalue weighted by molar-refractivity contribution is -0.137. The molecular weight excluding hydrogens is 474 g/mol. The minimum Gasteiger partial charge on any atom is -0.372 e. The van der Waals surface area contributed by atoms with Crippen molar-refractivity contribution in [1.82, 2.24) is 15.5 Å². The van der Waals surface area contributed by atoms with E-state index < -0.39 is 29.6 Å². The van der Waals surface area contributed by atoms with Crippen molar-refractivity contribution in [1.29, 1.82) is 0 Å². The van der Waals surface area contributed by atoms with Crippen LogP contribution in [0.15, 0.2) is 42.0 Å². The summed E-state index contributed by atoms with van der Waals surface area (Å²) in [5.41, 5.74) is 0.656. The van der Waals surface area contributed by atoms with Crippen LogP contribution in [0.3, 0.4) is 0 Å². The molecule has 1 aliphatic carbocycles. The molecule has 2 unspecified atom stereocenters. The topological polar surface area (TPSA) is 53.6 Å². The largest absolute Gasteiger partial charge is 0.416 e. The third kappa shape index (κ3) is 6.11. The SMILES string of the molecule is CC(F)Cc1cc([C@@H](C)OCC2(C3=CC=CCC3)CC[C@H](N3CCNC3=O)CN2)cc(C(F)(F)F)c1. The van der Waals surface area contributed by atoms with Crippen LogP contribution < -0.4 is 10.6 Å². The summed E-state index contributed by atoms with van der Waals surface area (Å²) in [6.45, 7) is 5.32. The molecule has 2 N–H and O–H groups in total. The molecule has 5 nitrogen and oxygen atoms in total. The fraction of sp³-hybridized carbons (Fsp3) is 0.593. The number of alkyl halides is 4. The van der Waals surface area contributed by atoms with Gasteiger partial charge in [-0.2, -0.15) is 13.2 Å². The number of hydrogen-bond acceptors (Lipinski definition) is 3. The molecule has 2 fully saturated rings. The van der Waals surface area contributed by atoms with Crippen LogP contribution >= 0.6 is 0 Å². The molecule has 3 aliphatic rings. The number of urea groups is 1. The van der Waals surface area contributed by atoms with Gasteiger partial charge in [0.15, 0.2) is 0 Å². The van der Waals surface area contributed by atoms with Crippen LogP contribution in [0, 0.1) is 0 Å². The van der Waals surface area contributed by atoms with Crippen molar-refractivity contribution in [2.75, 3.05) is 26.2 Å². The third-order valence-corrected chi connectivity index (χ3v) is 7.45. The van der Waals surface area contributed by atoms with Crippen LogP contribution in [0.25, 0.3) is 0 Å². The first-order valence-corrected chi connectivity index (χ1v) is 12.7. The third-order valence-electron chi connectivity index (χ3n) is 7.45. The predicted octanol–water partition coefficient (Wildman–Crippen LogP) is 5.48. The second-order valence-electron chi connectivity index (χ2n) is 10.1. The van der Waals surface area contributed by atoms with Gasteiger partial charge >= 0.3 is 12.2 Å². The van der Waals surface area contributed by atoms with Crippen molar-refractivity contribution in [2.24, 2.45) is 0 Å². The molecule has 1 aromatic rings. The lowest BCUT2D eigenvalue weighted by atomic mass is 9.78. The van der Waals surface area contributed by atoms with E-state index in [0.717, 1.165) is 37.8 Å². The van der Waals surface area contributed by atoms with Crippen LogP contribution in [-0.4, -0.2) is 54.9 Å². The quantitative estimate of drug-likeness (QED) is 0.457. The van der Waals surface area contributed by atoms with Crippen molar-refractivity contribution in [3.05, 3.63) is 58.7 Å². The highest BCUT2D eigenvalue weighted by Crippen LogP contribution is 2.37. The summed E-state index contributed by atoms with van der Waals surface area (Å²) in [6.07, 6.45) is 3.12. The summed E-state index contributed by atoms with van der Waals surface area (Å²) in [5, 5.41) is 6.50. The Hall–Kier alpha value is -2.39. The molecule has 4 rings (SSSR count). The van der Waals surface area contributed by atoms with E-state index in [1.807, 2.05) is 11.0 Å². The Morgan fingerprint density at radius 2 is 2.06 bits per heavy atom. The van der Waals surface area contributed by atoms with E-state index in [0.29, 0.717) is 30.8 Å². The summed E-state index contributed by atoms with van der Waals surface area (Å²) in [4.78, 5) is 14.0. The van der Waals surface area contributed by atoms with Gasteiger partial charge in [0, 0.05) is 32.1 Å². The average molecular weight is 510 g/mol. The van der Waals surface area contributed by atoms with Gasteiger partial charge in [-0.15, -0.1) is 0 Å². The minimum absolute atomic E-state index is 0.0399. The van der Waals surface area contributed by atoms with E-state index in [1.54, 1.807) is 13.0 Å². The summed E-state index contributed by atoms with van der Waals surface area (Å²) in [5.74, 6) is 0. The van der Waals surface area contributed by atoms with E-state index in [2.05, 4.69) is 22.8 Å². The van der Waals surface area contributed by atoms with Gasteiger partial charge in [-0.25, -0.2) is 9.18 Å². The Bertz CT molecular complexity index is 997. The lowest BCUT2D eigenvalue weighted by Gasteiger charge is -2.45. The standard InChI is InChI=1S/C27H35F4N3O2/c1-18(28)12-20-13-21(15-23(14-20)27(29,30)31)19(2)36-17-26(22-6-4-3-5-7-22)9-8-24(16-33-26)34-11-10-32-25(34)35/h3-4,6,13-15,18-19,24,33H,5,7-12,16-17H2,1-2H3,(H,32,35)/t18?,19-,24+,26?/m1/s1. The van der Waals surface area contributed by atoms with Gasteiger partial charge in [0.05, 0.1) is 23.8 Å². The molecule has 0 spiro atoms. The summed E-state index contributed by atoms with van der Waals surface area (Å²) >= 11 is 0. The number of carbonyl (C=O) groups excluding carboxylic acids is 1. The van der Waals surface area contributed by atoms with Crippen molar-refractivity contribution < 1.29 is 27.1 Å². The molecule has 0 bridgehead atoms. The van der Waals surface area contributed by atoms with E-state index >= 15 is 0 Å². The van der Waals surface area contributed by atoms with Crippen molar-refractivity contribution in [2.45, 2.75) is 76.0 Å². The van der Waals surface area contributed by atoms with Gasteiger partial charge in [-0.3, -0.25) is 0 Å². The normalized spacial score (nSPS) is 26.5. The van der Waals surface area contributed by atoms with Crippen LogP contribution in [0.1, 0.15) is 62.3 Å².